The first kappa shape index (κ1) is 10.4. The standard InChI is InChI=1S/C12H13ClN2/c13-12-4-3-9-8-15-7-5-10(9)11(12)2-1-6-14/h3-5,7-8H,1-2,6,14H2. The molecule has 2 nitrogen and oxygen atoms in total. The summed E-state index contributed by atoms with van der Waals surface area (Å²) in [5.74, 6) is 0. The summed E-state index contributed by atoms with van der Waals surface area (Å²) in [6.07, 6.45) is 5.54. The maximum absolute atomic E-state index is 6.18. The van der Waals surface area contributed by atoms with E-state index in [1.165, 1.54) is 10.9 Å². The lowest BCUT2D eigenvalue weighted by Gasteiger charge is -2.07. The Morgan fingerprint density at radius 3 is 2.93 bits per heavy atom. The van der Waals surface area contributed by atoms with Gasteiger partial charge in [0.05, 0.1) is 0 Å². The topological polar surface area (TPSA) is 38.9 Å². The van der Waals surface area contributed by atoms with Crippen LogP contribution in [0.25, 0.3) is 10.8 Å². The van der Waals surface area contributed by atoms with Crippen molar-refractivity contribution in [2.24, 2.45) is 5.73 Å². The molecule has 2 N–H and O–H groups in total. The number of halogens is 1. The van der Waals surface area contributed by atoms with E-state index in [-0.39, 0.29) is 0 Å². The normalized spacial score (nSPS) is 10.8. The van der Waals surface area contributed by atoms with Gasteiger partial charge in [0.25, 0.3) is 0 Å². The van der Waals surface area contributed by atoms with Gasteiger partial charge in [-0.05, 0) is 42.5 Å². The molecule has 1 heterocycles. The molecule has 0 radical (unpaired) electrons. The Kier molecular flexibility index (Phi) is 3.19. The Morgan fingerprint density at radius 1 is 1.27 bits per heavy atom. The highest BCUT2D eigenvalue weighted by molar-refractivity contribution is 6.32. The lowest BCUT2D eigenvalue weighted by molar-refractivity contribution is 0.837. The lowest BCUT2D eigenvalue weighted by Crippen LogP contribution is -2.01. The minimum absolute atomic E-state index is 0.692. The molecule has 0 aliphatic rings. The molecule has 2 aromatic rings. The second-order valence-electron chi connectivity index (χ2n) is 3.51. The molecule has 0 unspecified atom stereocenters. The van der Waals surface area contributed by atoms with Gasteiger partial charge >= 0.3 is 0 Å². The zero-order chi connectivity index (χ0) is 10.7. The molecule has 1 aromatic carbocycles. The van der Waals surface area contributed by atoms with Gasteiger partial charge in [-0.2, -0.15) is 0 Å². The van der Waals surface area contributed by atoms with E-state index in [2.05, 4.69) is 4.98 Å². The van der Waals surface area contributed by atoms with Crippen molar-refractivity contribution in [1.82, 2.24) is 4.98 Å². The van der Waals surface area contributed by atoms with Crippen molar-refractivity contribution >= 4 is 22.4 Å². The number of hydrogen-bond acceptors (Lipinski definition) is 2. The molecule has 0 spiro atoms. The van der Waals surface area contributed by atoms with Crippen LogP contribution in [0.1, 0.15) is 12.0 Å². The van der Waals surface area contributed by atoms with E-state index in [0.29, 0.717) is 6.54 Å². The highest BCUT2D eigenvalue weighted by Crippen LogP contribution is 2.26. The van der Waals surface area contributed by atoms with Crippen molar-refractivity contribution in [3.05, 3.63) is 41.2 Å². The molecule has 0 amide bonds. The van der Waals surface area contributed by atoms with Gasteiger partial charge in [0, 0.05) is 22.8 Å². The summed E-state index contributed by atoms with van der Waals surface area (Å²) in [5.41, 5.74) is 6.70. The van der Waals surface area contributed by atoms with E-state index >= 15 is 0 Å². The van der Waals surface area contributed by atoms with Gasteiger partial charge in [0.15, 0.2) is 0 Å². The molecular weight excluding hydrogens is 208 g/mol. The summed E-state index contributed by atoms with van der Waals surface area (Å²) in [6, 6.07) is 5.93. The average Bonchev–Trinajstić information content (AvgIpc) is 2.28. The Balaban J connectivity index is 2.53. The van der Waals surface area contributed by atoms with E-state index in [9.17, 15) is 0 Å². The van der Waals surface area contributed by atoms with Gasteiger partial charge in [-0.3, -0.25) is 4.98 Å². The van der Waals surface area contributed by atoms with Crippen LogP contribution >= 0.6 is 11.6 Å². The maximum atomic E-state index is 6.18. The first-order valence-corrected chi connectivity index (χ1v) is 5.42. The minimum Gasteiger partial charge on any atom is -0.330 e. The van der Waals surface area contributed by atoms with Gasteiger partial charge in [0.1, 0.15) is 0 Å². The van der Waals surface area contributed by atoms with Crippen LogP contribution in [0.2, 0.25) is 5.02 Å². The first-order valence-electron chi connectivity index (χ1n) is 5.04. The van der Waals surface area contributed by atoms with E-state index in [0.717, 1.165) is 23.3 Å². The van der Waals surface area contributed by atoms with Gasteiger partial charge in [-0.25, -0.2) is 0 Å². The molecular formula is C12H13ClN2. The van der Waals surface area contributed by atoms with Crippen LogP contribution in [0.5, 0.6) is 0 Å². The molecule has 0 saturated heterocycles. The summed E-state index contributed by atoms with van der Waals surface area (Å²) >= 11 is 6.18. The van der Waals surface area contributed by atoms with Crippen molar-refractivity contribution in [3.63, 3.8) is 0 Å². The van der Waals surface area contributed by atoms with Crippen LogP contribution in [-0.2, 0) is 6.42 Å². The van der Waals surface area contributed by atoms with Gasteiger partial charge in [0.2, 0.25) is 0 Å². The summed E-state index contributed by atoms with van der Waals surface area (Å²) < 4.78 is 0. The second kappa shape index (κ2) is 4.60. The van der Waals surface area contributed by atoms with Gasteiger partial charge < -0.3 is 5.73 Å². The maximum Gasteiger partial charge on any atom is 0.0444 e. The number of pyridine rings is 1. The van der Waals surface area contributed by atoms with Crippen LogP contribution in [-0.4, -0.2) is 11.5 Å². The third-order valence-corrected chi connectivity index (χ3v) is 2.86. The quantitative estimate of drug-likeness (QED) is 0.864. The molecule has 3 heteroatoms. The number of nitrogens with two attached hydrogens (primary N) is 1. The largest absolute Gasteiger partial charge is 0.330 e. The minimum atomic E-state index is 0.692. The fourth-order valence-electron chi connectivity index (χ4n) is 1.74. The first-order chi connectivity index (χ1) is 7.33. The number of hydrogen-bond donors (Lipinski definition) is 1. The van der Waals surface area contributed by atoms with Crippen molar-refractivity contribution in [2.75, 3.05) is 6.54 Å². The van der Waals surface area contributed by atoms with Crippen LogP contribution < -0.4 is 5.73 Å². The Morgan fingerprint density at radius 2 is 2.13 bits per heavy atom. The molecule has 2 rings (SSSR count). The number of aryl methyl sites for hydroxylation is 1. The third kappa shape index (κ3) is 2.11. The fourth-order valence-corrected chi connectivity index (χ4v) is 2.00. The lowest BCUT2D eigenvalue weighted by atomic mass is 10.0. The van der Waals surface area contributed by atoms with Crippen LogP contribution in [0, 0.1) is 0 Å². The van der Waals surface area contributed by atoms with Gasteiger partial charge in [-0.15, -0.1) is 0 Å². The van der Waals surface area contributed by atoms with Crippen molar-refractivity contribution in [3.8, 4) is 0 Å². The summed E-state index contributed by atoms with van der Waals surface area (Å²) in [4.78, 5) is 4.10. The average molecular weight is 221 g/mol. The highest BCUT2D eigenvalue weighted by Gasteiger charge is 2.05. The Bertz CT molecular complexity index is 468. The molecule has 0 fully saturated rings. The predicted molar refractivity (Wildman–Crippen MR) is 64.1 cm³/mol. The molecule has 0 atom stereocenters. The van der Waals surface area contributed by atoms with E-state index < -0.39 is 0 Å². The van der Waals surface area contributed by atoms with Crippen LogP contribution in [0.3, 0.4) is 0 Å². The van der Waals surface area contributed by atoms with E-state index in [4.69, 9.17) is 17.3 Å². The number of rotatable bonds is 3. The zero-order valence-corrected chi connectivity index (χ0v) is 9.17. The molecule has 15 heavy (non-hydrogen) atoms. The zero-order valence-electron chi connectivity index (χ0n) is 8.41. The van der Waals surface area contributed by atoms with Crippen molar-refractivity contribution in [1.29, 1.82) is 0 Å². The Hall–Kier alpha value is -1.12. The summed E-state index contributed by atoms with van der Waals surface area (Å²) in [7, 11) is 0. The predicted octanol–water partition coefficient (Wildman–Crippen LogP) is 2.78. The Labute approximate surface area is 94.1 Å². The third-order valence-electron chi connectivity index (χ3n) is 2.51. The second-order valence-corrected chi connectivity index (χ2v) is 3.92. The summed E-state index contributed by atoms with van der Waals surface area (Å²) in [5, 5.41) is 3.14. The summed E-state index contributed by atoms with van der Waals surface area (Å²) in [6.45, 7) is 0.692. The number of fused-ring (bicyclic) bond motifs is 1. The molecule has 78 valence electrons. The van der Waals surface area contributed by atoms with Crippen LogP contribution in [0.4, 0.5) is 0 Å². The fraction of sp³-hybridized carbons (Fsp3) is 0.250. The van der Waals surface area contributed by atoms with Crippen LogP contribution in [0.15, 0.2) is 30.6 Å². The number of benzene rings is 1. The molecule has 0 aliphatic carbocycles. The highest BCUT2D eigenvalue weighted by atomic mass is 35.5. The van der Waals surface area contributed by atoms with Crippen molar-refractivity contribution in [2.45, 2.75) is 12.8 Å². The molecule has 1 aromatic heterocycles. The number of nitrogens with zero attached hydrogens (tertiary/aromatic N) is 1. The molecule has 0 bridgehead atoms. The number of aromatic nitrogens is 1. The molecule has 0 aliphatic heterocycles. The SMILES string of the molecule is NCCCc1c(Cl)ccc2cnccc12. The van der Waals surface area contributed by atoms with E-state index in [1.54, 1.807) is 6.20 Å². The monoisotopic (exact) mass is 220 g/mol. The smallest absolute Gasteiger partial charge is 0.0444 e. The van der Waals surface area contributed by atoms with Crippen molar-refractivity contribution < 1.29 is 0 Å². The molecule has 0 saturated carbocycles. The van der Waals surface area contributed by atoms with Gasteiger partial charge in [-0.1, -0.05) is 17.7 Å². The van der Waals surface area contributed by atoms with E-state index in [1.807, 2.05) is 24.4 Å².